The molecule has 3 aromatic rings. The molecule has 17 heavy (non-hydrogen) atoms. The van der Waals surface area contributed by atoms with Crippen molar-refractivity contribution in [2.75, 3.05) is 7.11 Å². The van der Waals surface area contributed by atoms with Gasteiger partial charge in [-0.05, 0) is 18.2 Å². The SMILES string of the molecule is COc1cccc2nc3[nH]c(=O)ncc3cc12. The molecule has 0 spiro atoms. The fraction of sp³-hybridized carbons (Fsp3) is 0.0833. The fourth-order valence-electron chi connectivity index (χ4n) is 1.82. The van der Waals surface area contributed by atoms with E-state index in [-0.39, 0.29) is 0 Å². The maximum atomic E-state index is 11.1. The zero-order valence-electron chi connectivity index (χ0n) is 9.10. The predicted octanol–water partition coefficient (Wildman–Crippen LogP) is 1.48. The van der Waals surface area contributed by atoms with Crippen LogP contribution in [0.2, 0.25) is 0 Å². The highest BCUT2D eigenvalue weighted by Crippen LogP contribution is 2.26. The van der Waals surface area contributed by atoms with Gasteiger partial charge >= 0.3 is 5.69 Å². The molecule has 0 bridgehead atoms. The highest BCUT2D eigenvalue weighted by Gasteiger charge is 2.05. The van der Waals surface area contributed by atoms with Crippen LogP contribution in [0.25, 0.3) is 21.9 Å². The number of ether oxygens (including phenoxy) is 1. The summed E-state index contributed by atoms with van der Waals surface area (Å²) in [7, 11) is 1.62. The standard InChI is InChI=1S/C12H9N3O2/c1-17-10-4-2-3-9-8(10)5-7-6-13-12(16)15-11(7)14-9/h2-6H,1H3,(H,13,14,15,16). The van der Waals surface area contributed by atoms with Gasteiger partial charge in [0.05, 0.1) is 12.6 Å². The molecule has 0 aliphatic rings. The molecular weight excluding hydrogens is 218 g/mol. The molecule has 5 nitrogen and oxygen atoms in total. The normalized spacial score (nSPS) is 10.9. The number of fused-ring (bicyclic) bond motifs is 2. The number of aromatic nitrogens is 3. The van der Waals surface area contributed by atoms with Gasteiger partial charge in [0.25, 0.3) is 0 Å². The Balaban J connectivity index is 2.47. The molecule has 1 aromatic carbocycles. The lowest BCUT2D eigenvalue weighted by atomic mass is 10.1. The molecule has 0 atom stereocenters. The van der Waals surface area contributed by atoms with Crippen molar-refractivity contribution in [2.24, 2.45) is 0 Å². The molecular formula is C12H9N3O2. The number of methoxy groups -OCH3 is 1. The van der Waals surface area contributed by atoms with E-state index in [0.717, 1.165) is 22.0 Å². The van der Waals surface area contributed by atoms with E-state index in [1.807, 2.05) is 24.3 Å². The molecule has 3 rings (SSSR count). The van der Waals surface area contributed by atoms with Crippen LogP contribution in [0.15, 0.2) is 35.3 Å². The van der Waals surface area contributed by atoms with Crippen molar-refractivity contribution in [3.8, 4) is 5.75 Å². The fourth-order valence-corrected chi connectivity index (χ4v) is 1.82. The Morgan fingerprint density at radius 1 is 1.35 bits per heavy atom. The first-order chi connectivity index (χ1) is 8.28. The van der Waals surface area contributed by atoms with Crippen LogP contribution in [0.4, 0.5) is 0 Å². The quantitative estimate of drug-likeness (QED) is 0.639. The van der Waals surface area contributed by atoms with E-state index < -0.39 is 5.69 Å². The number of nitrogens with zero attached hydrogens (tertiary/aromatic N) is 2. The van der Waals surface area contributed by atoms with Gasteiger partial charge in [0.2, 0.25) is 0 Å². The third-order valence-electron chi connectivity index (χ3n) is 2.61. The molecule has 84 valence electrons. The Kier molecular flexibility index (Phi) is 2.04. The number of aromatic amines is 1. The summed E-state index contributed by atoms with van der Waals surface area (Å²) < 4.78 is 5.27. The van der Waals surface area contributed by atoms with Gasteiger partial charge in [-0.1, -0.05) is 6.07 Å². The van der Waals surface area contributed by atoms with Gasteiger partial charge in [0.15, 0.2) is 0 Å². The zero-order valence-corrected chi connectivity index (χ0v) is 9.10. The maximum Gasteiger partial charge on any atom is 0.346 e. The highest BCUT2D eigenvalue weighted by atomic mass is 16.5. The Morgan fingerprint density at radius 2 is 2.24 bits per heavy atom. The Morgan fingerprint density at radius 3 is 3.06 bits per heavy atom. The molecule has 0 unspecified atom stereocenters. The third-order valence-corrected chi connectivity index (χ3v) is 2.61. The van der Waals surface area contributed by atoms with E-state index in [9.17, 15) is 4.79 Å². The lowest BCUT2D eigenvalue weighted by Crippen LogP contribution is -2.09. The molecule has 0 fully saturated rings. The second-order valence-electron chi connectivity index (χ2n) is 3.64. The van der Waals surface area contributed by atoms with Crippen molar-refractivity contribution in [3.05, 3.63) is 40.9 Å². The van der Waals surface area contributed by atoms with Gasteiger partial charge in [0, 0.05) is 17.0 Å². The number of nitrogens with one attached hydrogen (secondary N) is 1. The molecule has 0 aliphatic carbocycles. The number of hydrogen-bond acceptors (Lipinski definition) is 4. The van der Waals surface area contributed by atoms with E-state index in [0.29, 0.717) is 5.65 Å². The molecule has 1 N–H and O–H groups in total. The number of pyridine rings is 1. The molecule has 0 amide bonds. The van der Waals surface area contributed by atoms with Crippen LogP contribution in [0.3, 0.4) is 0 Å². The van der Waals surface area contributed by atoms with E-state index >= 15 is 0 Å². The summed E-state index contributed by atoms with van der Waals surface area (Å²) >= 11 is 0. The minimum Gasteiger partial charge on any atom is -0.496 e. The number of hydrogen-bond donors (Lipinski definition) is 1. The van der Waals surface area contributed by atoms with Crippen LogP contribution in [0, 0.1) is 0 Å². The van der Waals surface area contributed by atoms with Crippen LogP contribution in [0.5, 0.6) is 5.75 Å². The van der Waals surface area contributed by atoms with Gasteiger partial charge in [0.1, 0.15) is 11.4 Å². The monoisotopic (exact) mass is 227 g/mol. The van der Waals surface area contributed by atoms with E-state index in [4.69, 9.17) is 4.74 Å². The largest absolute Gasteiger partial charge is 0.496 e. The highest BCUT2D eigenvalue weighted by molar-refractivity contribution is 5.94. The average Bonchev–Trinajstić information content (AvgIpc) is 2.35. The summed E-state index contributed by atoms with van der Waals surface area (Å²) in [5.74, 6) is 0.753. The lowest BCUT2D eigenvalue weighted by molar-refractivity contribution is 0.420. The molecule has 2 aromatic heterocycles. The molecule has 0 saturated carbocycles. The van der Waals surface area contributed by atoms with Crippen LogP contribution >= 0.6 is 0 Å². The second kappa shape index (κ2) is 3.55. The molecule has 0 saturated heterocycles. The van der Waals surface area contributed by atoms with Gasteiger partial charge in [-0.2, -0.15) is 0 Å². The van der Waals surface area contributed by atoms with E-state index in [1.165, 1.54) is 6.20 Å². The topological polar surface area (TPSA) is 67.9 Å². The van der Waals surface area contributed by atoms with Gasteiger partial charge in [-0.15, -0.1) is 0 Å². The van der Waals surface area contributed by atoms with E-state index in [2.05, 4.69) is 15.0 Å². The van der Waals surface area contributed by atoms with Crippen LogP contribution < -0.4 is 10.4 Å². The molecule has 5 heteroatoms. The van der Waals surface area contributed by atoms with Crippen LogP contribution in [0.1, 0.15) is 0 Å². The smallest absolute Gasteiger partial charge is 0.346 e. The van der Waals surface area contributed by atoms with Crippen LogP contribution in [-0.2, 0) is 0 Å². The predicted molar refractivity (Wildman–Crippen MR) is 64.2 cm³/mol. The van der Waals surface area contributed by atoms with Crippen molar-refractivity contribution < 1.29 is 4.74 Å². The summed E-state index contributed by atoms with van der Waals surface area (Å²) in [5, 5.41) is 1.68. The average molecular weight is 227 g/mol. The number of H-pyrrole nitrogens is 1. The molecule has 2 heterocycles. The van der Waals surface area contributed by atoms with Gasteiger partial charge in [-0.3, -0.25) is 4.98 Å². The van der Waals surface area contributed by atoms with Crippen LogP contribution in [-0.4, -0.2) is 22.1 Å². The minimum atomic E-state index is -0.396. The maximum absolute atomic E-state index is 11.1. The first kappa shape index (κ1) is 9.77. The van der Waals surface area contributed by atoms with Gasteiger partial charge in [-0.25, -0.2) is 14.8 Å². The van der Waals surface area contributed by atoms with Crippen molar-refractivity contribution in [1.82, 2.24) is 15.0 Å². The van der Waals surface area contributed by atoms with Crippen molar-refractivity contribution in [1.29, 1.82) is 0 Å². The summed E-state index contributed by atoms with van der Waals surface area (Å²) in [6.45, 7) is 0. The van der Waals surface area contributed by atoms with E-state index in [1.54, 1.807) is 7.11 Å². The second-order valence-corrected chi connectivity index (χ2v) is 3.64. The number of benzene rings is 1. The zero-order chi connectivity index (χ0) is 11.8. The Hall–Kier alpha value is -2.43. The lowest BCUT2D eigenvalue weighted by Gasteiger charge is -2.05. The summed E-state index contributed by atoms with van der Waals surface area (Å²) in [5.41, 5.74) is 0.914. The summed E-state index contributed by atoms with van der Waals surface area (Å²) in [6, 6.07) is 7.50. The third kappa shape index (κ3) is 1.52. The Bertz CT molecular complexity index is 764. The summed E-state index contributed by atoms with van der Waals surface area (Å²) in [4.78, 5) is 21.8. The first-order valence-corrected chi connectivity index (χ1v) is 5.11. The Labute approximate surface area is 96.1 Å². The van der Waals surface area contributed by atoms with Crippen molar-refractivity contribution in [3.63, 3.8) is 0 Å². The van der Waals surface area contributed by atoms with Crippen molar-refractivity contribution >= 4 is 21.9 Å². The van der Waals surface area contributed by atoms with Crippen molar-refractivity contribution in [2.45, 2.75) is 0 Å². The molecule has 0 aliphatic heterocycles. The van der Waals surface area contributed by atoms with Gasteiger partial charge < -0.3 is 4.74 Å². The first-order valence-electron chi connectivity index (χ1n) is 5.11. The summed E-state index contributed by atoms with van der Waals surface area (Å²) in [6.07, 6.45) is 1.51. The molecule has 0 radical (unpaired) electrons. The number of rotatable bonds is 1. The minimum absolute atomic E-state index is 0.396.